The molecule has 0 aromatic rings. The third-order valence-electron chi connectivity index (χ3n) is 4.09. The topological polar surface area (TPSA) is 3.24 Å². The van der Waals surface area contributed by atoms with Crippen molar-refractivity contribution in [3.63, 3.8) is 0 Å². The summed E-state index contributed by atoms with van der Waals surface area (Å²) in [5, 5.41) is 0. The summed E-state index contributed by atoms with van der Waals surface area (Å²) in [6.07, 6.45) is 9.34. The molecule has 0 spiro atoms. The number of hydrogen-bond donors (Lipinski definition) is 0. The summed E-state index contributed by atoms with van der Waals surface area (Å²) in [5.41, 5.74) is 1.66. The van der Waals surface area contributed by atoms with Crippen LogP contribution in [0.15, 0.2) is 11.8 Å². The summed E-state index contributed by atoms with van der Waals surface area (Å²) in [4.78, 5) is 2.70. The molecule has 86 valence electrons. The van der Waals surface area contributed by atoms with Crippen LogP contribution < -0.4 is 0 Å². The van der Waals surface area contributed by atoms with Crippen LogP contribution in [0.3, 0.4) is 0 Å². The molecule has 1 nitrogen and oxygen atoms in total. The van der Waals surface area contributed by atoms with Crippen LogP contribution in [0.25, 0.3) is 0 Å². The maximum atomic E-state index is 2.70. The minimum absolute atomic E-state index is 0.813. The molecule has 0 bridgehead atoms. The Morgan fingerprint density at radius 2 is 2.13 bits per heavy atom. The van der Waals surface area contributed by atoms with Crippen LogP contribution >= 0.6 is 0 Å². The van der Waals surface area contributed by atoms with E-state index in [1.807, 2.05) is 0 Å². The van der Waals surface area contributed by atoms with Gasteiger partial charge in [0.05, 0.1) is 0 Å². The van der Waals surface area contributed by atoms with Gasteiger partial charge in [-0.25, -0.2) is 0 Å². The fourth-order valence-electron chi connectivity index (χ4n) is 3.05. The fraction of sp³-hybridized carbons (Fsp3) is 0.857. The van der Waals surface area contributed by atoms with Crippen LogP contribution in [0.4, 0.5) is 0 Å². The number of allylic oxidation sites excluding steroid dienone is 2. The van der Waals surface area contributed by atoms with Crippen molar-refractivity contribution >= 4 is 0 Å². The van der Waals surface area contributed by atoms with Crippen molar-refractivity contribution in [2.45, 2.75) is 58.9 Å². The van der Waals surface area contributed by atoms with E-state index < -0.39 is 0 Å². The Balaban J connectivity index is 2.03. The van der Waals surface area contributed by atoms with E-state index in [2.05, 4.69) is 31.7 Å². The van der Waals surface area contributed by atoms with E-state index in [4.69, 9.17) is 0 Å². The SMILES string of the molecule is CC1CC=C(N2CCCC2C(C)C)CC1. The van der Waals surface area contributed by atoms with E-state index in [9.17, 15) is 0 Å². The van der Waals surface area contributed by atoms with Gasteiger partial charge in [-0.15, -0.1) is 0 Å². The van der Waals surface area contributed by atoms with Crippen LogP contribution in [0.5, 0.6) is 0 Å². The van der Waals surface area contributed by atoms with Crippen LogP contribution in [0, 0.1) is 11.8 Å². The first-order valence-corrected chi connectivity index (χ1v) is 6.64. The zero-order valence-electron chi connectivity index (χ0n) is 10.5. The van der Waals surface area contributed by atoms with Crippen LogP contribution in [0.2, 0.25) is 0 Å². The lowest BCUT2D eigenvalue weighted by Gasteiger charge is -2.34. The largest absolute Gasteiger partial charge is 0.372 e. The third kappa shape index (κ3) is 2.38. The summed E-state index contributed by atoms with van der Waals surface area (Å²) in [5.74, 6) is 1.72. The van der Waals surface area contributed by atoms with Gasteiger partial charge in [-0.3, -0.25) is 0 Å². The predicted octanol–water partition coefficient (Wildman–Crippen LogP) is 3.81. The lowest BCUT2D eigenvalue weighted by Crippen LogP contribution is -2.33. The molecule has 0 saturated carbocycles. The Morgan fingerprint density at radius 3 is 2.73 bits per heavy atom. The van der Waals surface area contributed by atoms with E-state index >= 15 is 0 Å². The Bertz CT molecular complexity index is 242. The van der Waals surface area contributed by atoms with Gasteiger partial charge in [0, 0.05) is 18.3 Å². The smallest absolute Gasteiger partial charge is 0.0310 e. The minimum atomic E-state index is 0.813. The van der Waals surface area contributed by atoms with Gasteiger partial charge in [-0.2, -0.15) is 0 Å². The molecule has 2 aliphatic rings. The van der Waals surface area contributed by atoms with Gasteiger partial charge in [0.2, 0.25) is 0 Å². The van der Waals surface area contributed by atoms with Crippen molar-refractivity contribution in [2.24, 2.45) is 11.8 Å². The lowest BCUT2D eigenvalue weighted by atomic mass is 9.92. The molecule has 0 N–H and O–H groups in total. The van der Waals surface area contributed by atoms with Gasteiger partial charge in [-0.1, -0.05) is 26.8 Å². The molecule has 1 aliphatic carbocycles. The molecule has 0 radical (unpaired) electrons. The molecular weight excluding hydrogens is 182 g/mol. The zero-order chi connectivity index (χ0) is 10.8. The Hall–Kier alpha value is -0.460. The highest BCUT2D eigenvalue weighted by Gasteiger charge is 2.29. The third-order valence-corrected chi connectivity index (χ3v) is 4.09. The van der Waals surface area contributed by atoms with E-state index in [-0.39, 0.29) is 0 Å². The van der Waals surface area contributed by atoms with E-state index in [0.29, 0.717) is 0 Å². The first-order chi connectivity index (χ1) is 7.18. The molecule has 0 aromatic carbocycles. The molecule has 2 unspecified atom stereocenters. The number of rotatable bonds is 2. The summed E-state index contributed by atoms with van der Waals surface area (Å²) < 4.78 is 0. The number of nitrogens with zero attached hydrogens (tertiary/aromatic N) is 1. The van der Waals surface area contributed by atoms with Crippen LogP contribution in [-0.2, 0) is 0 Å². The van der Waals surface area contributed by atoms with Crippen molar-refractivity contribution < 1.29 is 0 Å². The fourth-order valence-corrected chi connectivity index (χ4v) is 3.05. The van der Waals surface area contributed by atoms with Gasteiger partial charge in [-0.05, 0) is 43.9 Å². The predicted molar refractivity (Wildman–Crippen MR) is 65.7 cm³/mol. The standard InChI is InChI=1S/C14H25N/c1-11(2)14-5-4-10-15(14)13-8-6-12(3)7-9-13/h8,11-12,14H,4-7,9-10H2,1-3H3. The molecule has 1 fully saturated rings. The lowest BCUT2D eigenvalue weighted by molar-refractivity contribution is 0.241. The summed E-state index contributed by atoms with van der Waals surface area (Å²) >= 11 is 0. The highest BCUT2D eigenvalue weighted by Crippen LogP contribution is 2.33. The van der Waals surface area contributed by atoms with Crippen molar-refractivity contribution in [1.82, 2.24) is 4.90 Å². The average Bonchev–Trinajstić information content (AvgIpc) is 2.67. The highest BCUT2D eigenvalue weighted by atomic mass is 15.2. The second-order valence-electron chi connectivity index (χ2n) is 5.72. The number of hydrogen-bond acceptors (Lipinski definition) is 1. The molecule has 1 heteroatoms. The van der Waals surface area contributed by atoms with E-state index in [1.54, 1.807) is 5.70 Å². The molecule has 2 atom stereocenters. The summed E-state index contributed by atoms with van der Waals surface area (Å²) in [6.45, 7) is 8.42. The second kappa shape index (κ2) is 4.59. The van der Waals surface area contributed by atoms with Crippen LogP contribution in [-0.4, -0.2) is 17.5 Å². The average molecular weight is 207 g/mol. The maximum Gasteiger partial charge on any atom is 0.0310 e. The molecule has 0 amide bonds. The maximum absolute atomic E-state index is 2.70. The Morgan fingerprint density at radius 1 is 1.33 bits per heavy atom. The zero-order valence-corrected chi connectivity index (χ0v) is 10.5. The minimum Gasteiger partial charge on any atom is -0.372 e. The molecule has 1 heterocycles. The van der Waals surface area contributed by atoms with Gasteiger partial charge in [0.1, 0.15) is 0 Å². The molecule has 2 rings (SSSR count). The van der Waals surface area contributed by atoms with Crippen molar-refractivity contribution in [1.29, 1.82) is 0 Å². The molecular formula is C14H25N. The van der Waals surface area contributed by atoms with Gasteiger partial charge in [0.15, 0.2) is 0 Å². The van der Waals surface area contributed by atoms with E-state index in [1.165, 1.54) is 38.6 Å². The normalized spacial score (nSPS) is 32.3. The first kappa shape index (κ1) is 11.0. The van der Waals surface area contributed by atoms with Crippen molar-refractivity contribution in [2.75, 3.05) is 6.54 Å². The Kier molecular flexibility index (Phi) is 3.38. The molecule has 1 saturated heterocycles. The molecule has 0 aromatic heterocycles. The summed E-state index contributed by atoms with van der Waals surface area (Å²) in [6, 6.07) is 0.824. The van der Waals surface area contributed by atoms with Crippen molar-refractivity contribution in [3.05, 3.63) is 11.8 Å². The highest BCUT2D eigenvalue weighted by molar-refractivity contribution is 5.09. The first-order valence-electron chi connectivity index (χ1n) is 6.64. The quantitative estimate of drug-likeness (QED) is 0.665. The summed E-state index contributed by atoms with van der Waals surface area (Å²) in [7, 11) is 0. The van der Waals surface area contributed by atoms with Gasteiger partial charge < -0.3 is 4.90 Å². The monoisotopic (exact) mass is 207 g/mol. The number of likely N-dealkylation sites (tertiary alicyclic amines) is 1. The van der Waals surface area contributed by atoms with Gasteiger partial charge in [0.25, 0.3) is 0 Å². The van der Waals surface area contributed by atoms with Crippen molar-refractivity contribution in [3.8, 4) is 0 Å². The second-order valence-corrected chi connectivity index (χ2v) is 5.72. The molecule has 15 heavy (non-hydrogen) atoms. The van der Waals surface area contributed by atoms with Gasteiger partial charge >= 0.3 is 0 Å². The van der Waals surface area contributed by atoms with Crippen LogP contribution in [0.1, 0.15) is 52.9 Å². The Labute approximate surface area is 94.5 Å². The molecule has 1 aliphatic heterocycles. The van der Waals surface area contributed by atoms with E-state index in [0.717, 1.165) is 17.9 Å².